The van der Waals surface area contributed by atoms with Crippen LogP contribution in [0.2, 0.25) is 0 Å². The van der Waals surface area contributed by atoms with E-state index in [1.807, 2.05) is 37.4 Å². The molecule has 0 saturated heterocycles. The molecule has 0 radical (unpaired) electrons. The van der Waals surface area contributed by atoms with Gasteiger partial charge < -0.3 is 10.2 Å². The van der Waals surface area contributed by atoms with E-state index in [2.05, 4.69) is 46.4 Å². The van der Waals surface area contributed by atoms with Crippen molar-refractivity contribution in [2.45, 2.75) is 26.7 Å². The Bertz CT molecular complexity index is 996. The quantitative estimate of drug-likeness (QED) is 0.715. The van der Waals surface area contributed by atoms with Crippen LogP contribution in [0.25, 0.3) is 0 Å². The van der Waals surface area contributed by atoms with E-state index in [9.17, 15) is 4.79 Å². The number of nitrogens with zero attached hydrogens (tertiary/aromatic N) is 2. The molecule has 1 aliphatic heterocycles. The third-order valence-electron chi connectivity index (χ3n) is 5.17. The van der Waals surface area contributed by atoms with Crippen molar-refractivity contribution in [2.24, 2.45) is 0 Å². The lowest BCUT2D eigenvalue weighted by atomic mass is 10.0. The maximum absolute atomic E-state index is 12.7. The van der Waals surface area contributed by atoms with Crippen LogP contribution in [-0.2, 0) is 6.42 Å². The van der Waals surface area contributed by atoms with Crippen LogP contribution in [0, 0.1) is 13.8 Å². The van der Waals surface area contributed by atoms with Gasteiger partial charge in [0.25, 0.3) is 5.91 Å². The molecule has 0 aliphatic carbocycles. The summed E-state index contributed by atoms with van der Waals surface area (Å²) in [6.45, 7) is 5.03. The van der Waals surface area contributed by atoms with Crippen LogP contribution in [0.15, 0.2) is 60.9 Å². The number of benzene rings is 2. The van der Waals surface area contributed by atoms with Crippen molar-refractivity contribution >= 4 is 23.0 Å². The van der Waals surface area contributed by atoms with E-state index in [0.717, 1.165) is 36.3 Å². The summed E-state index contributed by atoms with van der Waals surface area (Å²) in [4.78, 5) is 19.3. The topological polar surface area (TPSA) is 45.2 Å². The summed E-state index contributed by atoms with van der Waals surface area (Å²) in [5, 5.41) is 2.98. The summed E-state index contributed by atoms with van der Waals surface area (Å²) in [5.41, 5.74) is 7.23. The Morgan fingerprint density at radius 1 is 1.04 bits per heavy atom. The fourth-order valence-electron chi connectivity index (χ4n) is 3.52. The first-order valence-electron chi connectivity index (χ1n) is 9.31. The molecule has 0 spiro atoms. The fourth-order valence-corrected chi connectivity index (χ4v) is 3.52. The Balaban J connectivity index is 1.59. The third-order valence-corrected chi connectivity index (χ3v) is 5.17. The summed E-state index contributed by atoms with van der Waals surface area (Å²) in [7, 11) is 0. The zero-order valence-electron chi connectivity index (χ0n) is 15.7. The maximum Gasteiger partial charge on any atom is 0.257 e. The minimum atomic E-state index is -0.141. The minimum Gasteiger partial charge on any atom is -0.340 e. The summed E-state index contributed by atoms with van der Waals surface area (Å²) in [6.07, 6.45) is 5.63. The molecule has 1 aliphatic rings. The van der Waals surface area contributed by atoms with Crippen LogP contribution >= 0.6 is 0 Å². The number of aromatic nitrogens is 1. The van der Waals surface area contributed by atoms with Gasteiger partial charge in [-0.25, -0.2) is 0 Å². The lowest BCUT2D eigenvalue weighted by Gasteiger charge is -2.31. The fraction of sp³-hybridized carbons (Fsp3) is 0.217. The average molecular weight is 357 g/mol. The van der Waals surface area contributed by atoms with Crippen LogP contribution < -0.4 is 10.2 Å². The number of carbonyl (C=O) groups excluding carboxylic acids is 1. The van der Waals surface area contributed by atoms with Gasteiger partial charge in [0.15, 0.2) is 0 Å². The second kappa shape index (κ2) is 7.23. The first-order chi connectivity index (χ1) is 13.1. The standard InChI is InChI=1S/C23H23N3O/c1-16-9-10-20(12-17(16)2)25-23(27)19-13-21(15-24-14-19)26-11-5-7-18-6-3-4-8-22(18)26/h3-4,6,8-10,12-15H,5,7,11H2,1-2H3,(H,25,27). The molecule has 0 fully saturated rings. The van der Waals surface area contributed by atoms with Gasteiger partial charge in [0.05, 0.1) is 17.4 Å². The monoisotopic (exact) mass is 357 g/mol. The first kappa shape index (κ1) is 17.3. The SMILES string of the molecule is Cc1ccc(NC(=O)c2cncc(N3CCCc4ccccc43)c2)cc1C. The predicted octanol–water partition coefficient (Wildman–Crippen LogP) is 5.04. The number of carbonyl (C=O) groups is 1. The van der Waals surface area contributed by atoms with Gasteiger partial charge in [-0.3, -0.25) is 9.78 Å². The van der Waals surface area contributed by atoms with Crippen LogP contribution in [-0.4, -0.2) is 17.4 Å². The van der Waals surface area contributed by atoms with Gasteiger partial charge in [0.2, 0.25) is 0 Å². The van der Waals surface area contributed by atoms with Crippen molar-refractivity contribution in [1.82, 2.24) is 4.98 Å². The van der Waals surface area contributed by atoms with Crippen LogP contribution in [0.1, 0.15) is 33.5 Å². The molecule has 0 bridgehead atoms. The van der Waals surface area contributed by atoms with Gasteiger partial charge >= 0.3 is 0 Å². The van der Waals surface area contributed by atoms with Gasteiger partial charge in [-0.1, -0.05) is 24.3 Å². The Kier molecular flexibility index (Phi) is 4.63. The molecule has 0 atom stereocenters. The third kappa shape index (κ3) is 3.56. The summed E-state index contributed by atoms with van der Waals surface area (Å²) in [5.74, 6) is -0.141. The van der Waals surface area contributed by atoms with Crippen LogP contribution in [0.5, 0.6) is 0 Å². The molecule has 0 saturated carbocycles. The number of aryl methyl sites for hydroxylation is 3. The number of amides is 1. The van der Waals surface area contributed by atoms with Crippen molar-refractivity contribution in [2.75, 3.05) is 16.8 Å². The molecule has 136 valence electrons. The van der Waals surface area contributed by atoms with Crippen molar-refractivity contribution in [3.63, 3.8) is 0 Å². The lowest BCUT2D eigenvalue weighted by Crippen LogP contribution is -2.25. The summed E-state index contributed by atoms with van der Waals surface area (Å²) >= 11 is 0. The maximum atomic E-state index is 12.7. The predicted molar refractivity (Wildman–Crippen MR) is 110 cm³/mol. The van der Waals surface area contributed by atoms with Gasteiger partial charge in [-0.15, -0.1) is 0 Å². The zero-order valence-corrected chi connectivity index (χ0v) is 15.7. The largest absolute Gasteiger partial charge is 0.340 e. The molecular formula is C23H23N3O. The molecule has 4 heteroatoms. The smallest absolute Gasteiger partial charge is 0.257 e. The highest BCUT2D eigenvalue weighted by atomic mass is 16.1. The van der Waals surface area contributed by atoms with Gasteiger partial charge in [0, 0.05) is 24.1 Å². The zero-order chi connectivity index (χ0) is 18.8. The molecule has 1 aromatic heterocycles. The van der Waals surface area contributed by atoms with E-state index in [0.29, 0.717) is 5.56 Å². The number of hydrogen-bond donors (Lipinski definition) is 1. The molecule has 4 rings (SSSR count). The van der Waals surface area contributed by atoms with Gasteiger partial charge in [0.1, 0.15) is 0 Å². The highest BCUT2D eigenvalue weighted by Gasteiger charge is 2.19. The molecule has 4 nitrogen and oxygen atoms in total. The van der Waals surface area contributed by atoms with Crippen LogP contribution in [0.3, 0.4) is 0 Å². The number of pyridine rings is 1. The van der Waals surface area contributed by atoms with E-state index in [4.69, 9.17) is 0 Å². The summed E-state index contributed by atoms with van der Waals surface area (Å²) in [6, 6.07) is 16.3. The average Bonchev–Trinajstić information content (AvgIpc) is 2.70. The number of fused-ring (bicyclic) bond motifs is 1. The molecule has 2 aromatic carbocycles. The Hall–Kier alpha value is -3.14. The van der Waals surface area contributed by atoms with Crippen molar-refractivity contribution in [3.8, 4) is 0 Å². The number of para-hydroxylation sites is 1. The highest BCUT2D eigenvalue weighted by Crippen LogP contribution is 2.33. The molecule has 1 N–H and O–H groups in total. The molecule has 27 heavy (non-hydrogen) atoms. The normalized spacial score (nSPS) is 13.2. The van der Waals surface area contributed by atoms with E-state index in [1.54, 1.807) is 6.20 Å². The van der Waals surface area contributed by atoms with E-state index in [-0.39, 0.29) is 5.91 Å². The van der Waals surface area contributed by atoms with Gasteiger partial charge in [-0.05, 0) is 67.6 Å². The van der Waals surface area contributed by atoms with Crippen molar-refractivity contribution < 1.29 is 4.79 Å². The molecule has 3 aromatic rings. The number of nitrogens with one attached hydrogen (secondary N) is 1. The second-order valence-corrected chi connectivity index (χ2v) is 7.07. The Labute approximate surface area is 159 Å². The Morgan fingerprint density at radius 2 is 1.89 bits per heavy atom. The van der Waals surface area contributed by atoms with Gasteiger partial charge in [-0.2, -0.15) is 0 Å². The molecule has 2 heterocycles. The number of anilines is 3. The highest BCUT2D eigenvalue weighted by molar-refractivity contribution is 6.04. The molecule has 0 unspecified atom stereocenters. The minimum absolute atomic E-state index is 0.141. The van der Waals surface area contributed by atoms with Crippen molar-refractivity contribution in [1.29, 1.82) is 0 Å². The lowest BCUT2D eigenvalue weighted by molar-refractivity contribution is 0.102. The Morgan fingerprint density at radius 3 is 2.74 bits per heavy atom. The second-order valence-electron chi connectivity index (χ2n) is 7.07. The molecule has 1 amide bonds. The van der Waals surface area contributed by atoms with E-state index < -0.39 is 0 Å². The molecular weight excluding hydrogens is 334 g/mol. The number of rotatable bonds is 3. The van der Waals surface area contributed by atoms with Crippen LogP contribution in [0.4, 0.5) is 17.1 Å². The van der Waals surface area contributed by atoms with Crippen molar-refractivity contribution in [3.05, 3.63) is 83.2 Å². The first-order valence-corrected chi connectivity index (χ1v) is 9.31. The van der Waals surface area contributed by atoms with E-state index >= 15 is 0 Å². The number of hydrogen-bond acceptors (Lipinski definition) is 3. The van der Waals surface area contributed by atoms with E-state index in [1.165, 1.54) is 16.8 Å². The summed E-state index contributed by atoms with van der Waals surface area (Å²) < 4.78 is 0.